The van der Waals surface area contributed by atoms with E-state index in [0.717, 1.165) is 0 Å². The van der Waals surface area contributed by atoms with Crippen LogP contribution in [0.4, 0.5) is 5.82 Å². The smallest absolute Gasteiger partial charge is 0.268 e. The SMILES string of the molecule is CCOc1cc(-c2c(C#N)c(N)[nH]c(=O)c2C#N)ccc1OCC#N. The quantitative estimate of drug-likeness (QED) is 0.843. The van der Waals surface area contributed by atoms with Crippen LogP contribution < -0.4 is 20.8 Å². The lowest BCUT2D eigenvalue weighted by molar-refractivity contribution is 0.299. The first-order valence-electron chi connectivity index (χ1n) is 7.20. The molecule has 0 aliphatic rings. The third kappa shape index (κ3) is 3.36. The van der Waals surface area contributed by atoms with Crippen LogP contribution in [-0.4, -0.2) is 18.2 Å². The number of aromatic nitrogens is 1. The number of hydrogen-bond acceptors (Lipinski definition) is 7. The molecule has 3 N–H and O–H groups in total. The highest BCUT2D eigenvalue weighted by Gasteiger charge is 2.19. The van der Waals surface area contributed by atoms with E-state index in [0.29, 0.717) is 23.7 Å². The Balaban J connectivity index is 2.73. The van der Waals surface area contributed by atoms with Gasteiger partial charge < -0.3 is 20.2 Å². The lowest BCUT2D eigenvalue weighted by atomic mass is 9.96. The zero-order chi connectivity index (χ0) is 18.4. The van der Waals surface area contributed by atoms with Crippen molar-refractivity contribution in [1.29, 1.82) is 15.8 Å². The molecule has 0 amide bonds. The summed E-state index contributed by atoms with van der Waals surface area (Å²) in [6.45, 7) is 1.94. The number of nitrogen functional groups attached to an aromatic ring is 1. The minimum absolute atomic E-state index is 0.00992. The summed E-state index contributed by atoms with van der Waals surface area (Å²) in [5.41, 5.74) is 5.32. The summed E-state index contributed by atoms with van der Waals surface area (Å²) in [7, 11) is 0. The first-order chi connectivity index (χ1) is 12.1. The normalized spacial score (nSPS) is 9.52. The lowest BCUT2D eigenvalue weighted by Crippen LogP contribution is -2.16. The van der Waals surface area contributed by atoms with Crippen LogP contribution in [0.1, 0.15) is 18.1 Å². The van der Waals surface area contributed by atoms with Gasteiger partial charge in [0.05, 0.1) is 6.61 Å². The van der Waals surface area contributed by atoms with Gasteiger partial charge in [0.2, 0.25) is 0 Å². The Morgan fingerprint density at radius 1 is 1.12 bits per heavy atom. The van der Waals surface area contributed by atoms with E-state index in [9.17, 15) is 15.3 Å². The van der Waals surface area contributed by atoms with Gasteiger partial charge in [0.1, 0.15) is 35.2 Å². The molecular weight excluding hydrogens is 322 g/mol. The molecule has 8 nitrogen and oxygen atoms in total. The second-order valence-electron chi connectivity index (χ2n) is 4.76. The Labute approximate surface area is 143 Å². The van der Waals surface area contributed by atoms with Crippen LogP contribution in [0.25, 0.3) is 11.1 Å². The van der Waals surface area contributed by atoms with Gasteiger partial charge in [-0.25, -0.2) is 0 Å². The molecule has 0 atom stereocenters. The van der Waals surface area contributed by atoms with E-state index >= 15 is 0 Å². The highest BCUT2D eigenvalue weighted by Crippen LogP contribution is 2.35. The van der Waals surface area contributed by atoms with Crippen LogP contribution in [0.2, 0.25) is 0 Å². The van der Waals surface area contributed by atoms with E-state index < -0.39 is 5.56 Å². The average Bonchev–Trinajstić information content (AvgIpc) is 2.60. The van der Waals surface area contributed by atoms with E-state index in [1.807, 2.05) is 12.1 Å². The molecule has 25 heavy (non-hydrogen) atoms. The number of rotatable bonds is 5. The van der Waals surface area contributed by atoms with Gasteiger partial charge in [0, 0.05) is 5.56 Å². The highest BCUT2D eigenvalue weighted by molar-refractivity contribution is 5.81. The van der Waals surface area contributed by atoms with E-state index in [2.05, 4.69) is 4.98 Å². The van der Waals surface area contributed by atoms with E-state index in [4.69, 9.17) is 20.5 Å². The Morgan fingerprint density at radius 3 is 2.44 bits per heavy atom. The van der Waals surface area contributed by atoms with Crippen LogP contribution in [0.5, 0.6) is 11.5 Å². The van der Waals surface area contributed by atoms with Crippen LogP contribution in [0.15, 0.2) is 23.0 Å². The number of ether oxygens (including phenoxy) is 2. The van der Waals surface area contributed by atoms with Gasteiger partial charge in [-0.1, -0.05) is 6.07 Å². The number of benzene rings is 1. The van der Waals surface area contributed by atoms with Crippen molar-refractivity contribution in [3.05, 3.63) is 39.7 Å². The molecular formula is C17H13N5O3. The molecule has 1 aromatic heterocycles. The van der Waals surface area contributed by atoms with Crippen molar-refractivity contribution in [3.63, 3.8) is 0 Å². The maximum Gasteiger partial charge on any atom is 0.268 e. The van der Waals surface area contributed by atoms with Gasteiger partial charge in [-0.2, -0.15) is 15.8 Å². The van der Waals surface area contributed by atoms with Gasteiger partial charge in [0.15, 0.2) is 18.1 Å². The molecule has 8 heteroatoms. The average molecular weight is 335 g/mol. The molecule has 0 unspecified atom stereocenters. The van der Waals surface area contributed by atoms with Crippen molar-refractivity contribution in [2.45, 2.75) is 6.92 Å². The maximum atomic E-state index is 12.0. The first kappa shape index (κ1) is 17.4. The molecule has 124 valence electrons. The fraction of sp³-hybridized carbons (Fsp3) is 0.176. The van der Waals surface area contributed by atoms with E-state index in [-0.39, 0.29) is 29.1 Å². The predicted octanol–water partition coefficient (Wildman–Crippen LogP) is 1.67. The largest absolute Gasteiger partial charge is 0.490 e. The summed E-state index contributed by atoms with van der Waals surface area (Å²) in [5, 5.41) is 27.3. The number of anilines is 1. The van der Waals surface area contributed by atoms with Crippen LogP contribution in [0, 0.1) is 34.0 Å². The third-order valence-electron chi connectivity index (χ3n) is 3.29. The van der Waals surface area contributed by atoms with Crippen molar-refractivity contribution in [2.75, 3.05) is 18.9 Å². The molecule has 0 aliphatic carbocycles. The van der Waals surface area contributed by atoms with Gasteiger partial charge in [0.25, 0.3) is 5.56 Å². The molecule has 1 aromatic carbocycles. The van der Waals surface area contributed by atoms with Crippen molar-refractivity contribution in [2.24, 2.45) is 0 Å². The summed E-state index contributed by atoms with van der Waals surface area (Å²) >= 11 is 0. The van der Waals surface area contributed by atoms with Gasteiger partial charge in [-0.15, -0.1) is 0 Å². The number of nitrogens with zero attached hydrogens (tertiary/aromatic N) is 3. The van der Waals surface area contributed by atoms with Gasteiger partial charge in [-0.05, 0) is 24.6 Å². The summed E-state index contributed by atoms with van der Waals surface area (Å²) in [6, 6.07) is 10.2. The fourth-order valence-corrected chi connectivity index (χ4v) is 2.29. The monoisotopic (exact) mass is 335 g/mol. The Kier molecular flexibility index (Phi) is 5.25. The number of nitrogens with two attached hydrogens (primary N) is 1. The fourth-order valence-electron chi connectivity index (χ4n) is 2.29. The van der Waals surface area contributed by atoms with Crippen molar-refractivity contribution in [1.82, 2.24) is 4.98 Å². The third-order valence-corrected chi connectivity index (χ3v) is 3.29. The molecule has 0 aliphatic heterocycles. The number of hydrogen-bond donors (Lipinski definition) is 2. The van der Waals surface area contributed by atoms with Crippen molar-refractivity contribution < 1.29 is 9.47 Å². The molecule has 0 bridgehead atoms. The summed E-state index contributed by atoms with van der Waals surface area (Å²) in [5.74, 6) is 0.535. The van der Waals surface area contributed by atoms with Gasteiger partial charge >= 0.3 is 0 Å². The number of nitrogens with one attached hydrogen (secondary N) is 1. The molecule has 0 fully saturated rings. The maximum absolute atomic E-state index is 12.0. The van der Waals surface area contributed by atoms with Gasteiger partial charge in [-0.3, -0.25) is 4.79 Å². The molecule has 0 saturated carbocycles. The second-order valence-corrected chi connectivity index (χ2v) is 4.76. The van der Waals surface area contributed by atoms with Crippen LogP contribution >= 0.6 is 0 Å². The Hall–Kier alpha value is -3.96. The van der Waals surface area contributed by atoms with Crippen molar-refractivity contribution in [3.8, 4) is 40.8 Å². The van der Waals surface area contributed by atoms with Crippen LogP contribution in [0.3, 0.4) is 0 Å². The molecule has 1 heterocycles. The molecule has 0 spiro atoms. The number of aromatic amines is 1. The number of nitriles is 3. The van der Waals surface area contributed by atoms with E-state index in [1.54, 1.807) is 19.1 Å². The molecule has 2 rings (SSSR count). The summed E-state index contributed by atoms with van der Waals surface area (Å²) in [6.07, 6.45) is 0. The number of pyridine rings is 1. The van der Waals surface area contributed by atoms with Crippen molar-refractivity contribution >= 4 is 5.82 Å². The lowest BCUT2D eigenvalue weighted by Gasteiger charge is -2.13. The molecule has 2 aromatic rings. The topological polar surface area (TPSA) is 149 Å². The Bertz CT molecular complexity index is 990. The first-order valence-corrected chi connectivity index (χ1v) is 7.20. The zero-order valence-corrected chi connectivity index (χ0v) is 13.3. The van der Waals surface area contributed by atoms with E-state index in [1.165, 1.54) is 12.1 Å². The standard InChI is InChI=1S/C17H13N5O3/c1-2-24-14-7-10(3-4-13(14)25-6-5-18)15-11(8-19)16(21)22-17(23)12(15)9-20/h3-4,7H,2,6H2,1H3,(H3,21,22,23). The Morgan fingerprint density at radius 2 is 1.84 bits per heavy atom. The van der Waals surface area contributed by atoms with Crippen LogP contribution in [-0.2, 0) is 0 Å². The molecule has 0 radical (unpaired) electrons. The summed E-state index contributed by atoms with van der Waals surface area (Å²) in [4.78, 5) is 14.3. The predicted molar refractivity (Wildman–Crippen MR) is 88.6 cm³/mol. The molecule has 0 saturated heterocycles. The second kappa shape index (κ2) is 7.54. The highest BCUT2D eigenvalue weighted by atomic mass is 16.5. The minimum Gasteiger partial charge on any atom is -0.490 e. The zero-order valence-electron chi connectivity index (χ0n) is 13.3. The summed E-state index contributed by atoms with van der Waals surface area (Å²) < 4.78 is 10.8. The number of H-pyrrole nitrogens is 1. The minimum atomic E-state index is -0.684.